The Morgan fingerprint density at radius 3 is 2.71 bits per heavy atom. The summed E-state index contributed by atoms with van der Waals surface area (Å²) in [4.78, 5) is 21.4. The summed E-state index contributed by atoms with van der Waals surface area (Å²) in [6.07, 6.45) is 2.82. The molecule has 0 saturated carbocycles. The van der Waals surface area contributed by atoms with Crippen molar-refractivity contribution in [1.29, 1.82) is 0 Å². The van der Waals surface area contributed by atoms with Crippen molar-refractivity contribution in [2.24, 2.45) is 0 Å². The molecule has 10 nitrogen and oxygen atoms in total. The van der Waals surface area contributed by atoms with Crippen LogP contribution in [0.25, 0.3) is 11.5 Å². The molecule has 178 valence electrons. The van der Waals surface area contributed by atoms with Gasteiger partial charge in [-0.3, -0.25) is 4.79 Å². The van der Waals surface area contributed by atoms with Gasteiger partial charge in [-0.2, -0.15) is 4.98 Å². The van der Waals surface area contributed by atoms with E-state index >= 15 is 0 Å². The highest BCUT2D eigenvalue weighted by molar-refractivity contribution is 5.98. The third-order valence-corrected chi connectivity index (χ3v) is 6.23. The van der Waals surface area contributed by atoms with Gasteiger partial charge in [-0.1, -0.05) is 37.3 Å². The molecule has 10 heteroatoms. The quantitative estimate of drug-likeness (QED) is 0.318. The molecule has 2 unspecified atom stereocenters. The van der Waals surface area contributed by atoms with E-state index in [0.29, 0.717) is 22.9 Å². The molecule has 35 heavy (non-hydrogen) atoms. The van der Waals surface area contributed by atoms with Gasteiger partial charge < -0.3 is 25.5 Å². The molecule has 0 saturated heterocycles. The van der Waals surface area contributed by atoms with Gasteiger partial charge in [0.25, 0.3) is 11.8 Å². The van der Waals surface area contributed by atoms with Gasteiger partial charge in [-0.15, -0.1) is 10.2 Å². The number of fused-ring (bicyclic) bond motifs is 1. The first kappa shape index (κ1) is 22.5. The first-order chi connectivity index (χ1) is 17.0. The van der Waals surface area contributed by atoms with E-state index in [1.54, 1.807) is 12.3 Å². The molecule has 2 aromatic carbocycles. The van der Waals surface area contributed by atoms with Gasteiger partial charge in [0.2, 0.25) is 12.3 Å². The van der Waals surface area contributed by atoms with Crippen LogP contribution in [0.15, 0.2) is 65.5 Å². The second-order valence-electron chi connectivity index (χ2n) is 8.47. The minimum atomic E-state index is -0.412. The number of nitrogens with one attached hydrogen (secondary N) is 3. The van der Waals surface area contributed by atoms with Crippen LogP contribution < -0.4 is 16.0 Å². The molecule has 1 amide bonds. The number of anilines is 3. The van der Waals surface area contributed by atoms with Crippen molar-refractivity contribution in [1.82, 2.24) is 25.5 Å². The maximum Gasteiger partial charge on any atom is 0.252 e. The van der Waals surface area contributed by atoms with E-state index in [0.717, 1.165) is 16.8 Å². The number of carbonyl (C=O) groups excluding carboxylic acids is 1. The summed E-state index contributed by atoms with van der Waals surface area (Å²) < 4.78 is 5.37. The van der Waals surface area contributed by atoms with Gasteiger partial charge in [0, 0.05) is 29.4 Å². The van der Waals surface area contributed by atoms with Crippen LogP contribution in [0.1, 0.15) is 47.3 Å². The normalized spacial score (nSPS) is 17.9. The highest BCUT2D eigenvalue weighted by atomic mass is 16.4. The molecule has 5 rings (SSSR count). The van der Waals surface area contributed by atoms with Gasteiger partial charge in [0.1, 0.15) is 5.82 Å². The molecule has 0 spiro atoms. The smallest absolute Gasteiger partial charge is 0.252 e. The maximum atomic E-state index is 12.3. The first-order valence-corrected chi connectivity index (χ1v) is 11.3. The molecule has 3 heterocycles. The first-order valence-electron chi connectivity index (χ1n) is 11.3. The Hall–Kier alpha value is -4.31. The van der Waals surface area contributed by atoms with Crippen LogP contribution in [0.4, 0.5) is 17.5 Å². The Morgan fingerprint density at radius 1 is 1.14 bits per heavy atom. The zero-order valence-electron chi connectivity index (χ0n) is 19.3. The number of benzene rings is 2. The molecule has 0 aliphatic carbocycles. The van der Waals surface area contributed by atoms with Gasteiger partial charge in [0.05, 0.1) is 18.2 Å². The molecule has 0 fully saturated rings. The fourth-order valence-electron chi connectivity index (χ4n) is 4.12. The summed E-state index contributed by atoms with van der Waals surface area (Å²) in [7, 11) is 0. The van der Waals surface area contributed by atoms with Crippen LogP contribution in [-0.4, -0.2) is 43.8 Å². The Morgan fingerprint density at radius 2 is 1.97 bits per heavy atom. The number of nitrogens with zero attached hydrogens (tertiary/aromatic N) is 4. The van der Waals surface area contributed by atoms with E-state index in [1.807, 2.05) is 49.4 Å². The van der Waals surface area contributed by atoms with Crippen LogP contribution >= 0.6 is 0 Å². The Bertz CT molecular complexity index is 1330. The standard InChI is InChI=1S/C25H25N7O3/c1-14-15(2)28-23(34)18-9-8-17(10-19(14)18)29-25-26-11-20(24-32-27-13-35-24)22(31-25)30-21(12-33)16-6-4-3-5-7-16/h3-11,13-15,21,33H,12H2,1-2H3,(H,28,34)(H2,26,29,30,31)/t14?,15?,21-/m1/s1. The summed E-state index contributed by atoms with van der Waals surface area (Å²) in [6.45, 7) is 3.93. The third kappa shape index (κ3) is 4.56. The van der Waals surface area contributed by atoms with E-state index in [1.165, 1.54) is 6.39 Å². The predicted molar refractivity (Wildman–Crippen MR) is 130 cm³/mol. The average molecular weight is 472 g/mol. The lowest BCUT2D eigenvalue weighted by atomic mass is 9.86. The van der Waals surface area contributed by atoms with Gasteiger partial charge in [-0.25, -0.2) is 4.98 Å². The lowest BCUT2D eigenvalue weighted by molar-refractivity contribution is 0.0921. The molecule has 0 bridgehead atoms. The average Bonchev–Trinajstić information content (AvgIpc) is 3.41. The fraction of sp³-hybridized carbons (Fsp3) is 0.240. The zero-order chi connectivity index (χ0) is 24.4. The molecular formula is C25H25N7O3. The molecule has 2 aromatic heterocycles. The second-order valence-corrected chi connectivity index (χ2v) is 8.47. The van der Waals surface area contributed by atoms with Crippen molar-refractivity contribution in [2.75, 3.05) is 17.2 Å². The lowest BCUT2D eigenvalue weighted by Crippen LogP contribution is -2.41. The summed E-state index contributed by atoms with van der Waals surface area (Å²) in [5.74, 6) is 1.11. The van der Waals surface area contributed by atoms with Gasteiger partial charge >= 0.3 is 0 Å². The van der Waals surface area contributed by atoms with Gasteiger partial charge in [-0.05, 0) is 36.2 Å². The van der Waals surface area contributed by atoms with Crippen LogP contribution in [0.5, 0.6) is 0 Å². The Balaban J connectivity index is 1.47. The van der Waals surface area contributed by atoms with Crippen LogP contribution in [-0.2, 0) is 0 Å². The van der Waals surface area contributed by atoms with Crippen molar-refractivity contribution in [3.05, 3.63) is 77.8 Å². The number of hydrogen-bond acceptors (Lipinski definition) is 9. The maximum absolute atomic E-state index is 12.3. The van der Waals surface area contributed by atoms with Crippen LogP contribution in [0.3, 0.4) is 0 Å². The fourth-order valence-corrected chi connectivity index (χ4v) is 4.12. The summed E-state index contributed by atoms with van der Waals surface area (Å²) in [5.41, 5.74) is 3.81. The number of aliphatic hydroxyl groups excluding tert-OH is 1. The predicted octanol–water partition coefficient (Wildman–Crippen LogP) is 3.65. The molecule has 1 aliphatic rings. The number of rotatable bonds is 7. The SMILES string of the molecule is CC1NC(=O)c2ccc(Nc3ncc(-c4nnco4)c(N[C@H](CO)c4ccccc4)n3)cc2C1C. The van der Waals surface area contributed by atoms with Crippen LogP contribution in [0.2, 0.25) is 0 Å². The van der Waals surface area contributed by atoms with Crippen molar-refractivity contribution in [3.8, 4) is 11.5 Å². The number of carbonyl (C=O) groups is 1. The monoisotopic (exact) mass is 471 g/mol. The van der Waals surface area contributed by atoms with E-state index < -0.39 is 6.04 Å². The van der Waals surface area contributed by atoms with E-state index in [2.05, 4.69) is 43.0 Å². The molecule has 0 radical (unpaired) electrons. The summed E-state index contributed by atoms with van der Waals surface area (Å²) >= 11 is 0. The number of hydrogen-bond donors (Lipinski definition) is 4. The topological polar surface area (TPSA) is 138 Å². The minimum absolute atomic E-state index is 0.0411. The van der Waals surface area contributed by atoms with Crippen molar-refractivity contribution in [2.45, 2.75) is 31.8 Å². The molecule has 4 N–H and O–H groups in total. The zero-order valence-corrected chi connectivity index (χ0v) is 19.3. The Labute approximate surface area is 201 Å². The molecular weight excluding hydrogens is 446 g/mol. The second kappa shape index (κ2) is 9.51. The van der Waals surface area contributed by atoms with E-state index in [-0.39, 0.29) is 30.4 Å². The van der Waals surface area contributed by atoms with Crippen LogP contribution in [0, 0.1) is 0 Å². The minimum Gasteiger partial charge on any atom is -0.423 e. The highest BCUT2D eigenvalue weighted by Gasteiger charge is 2.28. The third-order valence-electron chi connectivity index (χ3n) is 6.23. The largest absolute Gasteiger partial charge is 0.423 e. The molecule has 1 aliphatic heterocycles. The molecule has 4 aromatic rings. The lowest BCUT2D eigenvalue weighted by Gasteiger charge is -2.29. The number of aliphatic hydroxyl groups is 1. The van der Waals surface area contributed by atoms with Crippen molar-refractivity contribution >= 4 is 23.4 Å². The summed E-state index contributed by atoms with van der Waals surface area (Å²) in [5, 5.41) is 27.3. The van der Waals surface area contributed by atoms with E-state index in [4.69, 9.17) is 4.42 Å². The van der Waals surface area contributed by atoms with Gasteiger partial charge in [0.15, 0.2) is 0 Å². The number of aromatic nitrogens is 4. The van der Waals surface area contributed by atoms with E-state index in [9.17, 15) is 9.90 Å². The molecule has 3 atom stereocenters. The summed E-state index contributed by atoms with van der Waals surface area (Å²) in [6, 6.07) is 14.8. The highest BCUT2D eigenvalue weighted by Crippen LogP contribution is 2.32. The van der Waals surface area contributed by atoms with Crippen molar-refractivity contribution < 1.29 is 14.3 Å². The number of amides is 1. The Kier molecular flexibility index (Phi) is 6.11. The van der Waals surface area contributed by atoms with Crippen molar-refractivity contribution in [3.63, 3.8) is 0 Å².